The highest BCUT2D eigenvalue weighted by atomic mass is 35.5. The van der Waals surface area contributed by atoms with Crippen molar-refractivity contribution in [1.82, 2.24) is 20.1 Å². The van der Waals surface area contributed by atoms with E-state index < -0.39 is 0 Å². The summed E-state index contributed by atoms with van der Waals surface area (Å²) >= 11 is 6.01. The van der Waals surface area contributed by atoms with Crippen LogP contribution < -0.4 is 5.32 Å². The van der Waals surface area contributed by atoms with Crippen molar-refractivity contribution in [2.45, 2.75) is 25.9 Å². The van der Waals surface area contributed by atoms with E-state index >= 15 is 0 Å². The van der Waals surface area contributed by atoms with Crippen molar-refractivity contribution in [2.75, 3.05) is 25.5 Å². The molecule has 1 saturated heterocycles. The van der Waals surface area contributed by atoms with Gasteiger partial charge in [0.1, 0.15) is 5.82 Å². The fourth-order valence-electron chi connectivity index (χ4n) is 2.85. The number of amides is 2. The first-order chi connectivity index (χ1) is 11.6. The van der Waals surface area contributed by atoms with Crippen molar-refractivity contribution in [2.24, 2.45) is 0 Å². The molecule has 0 aliphatic carbocycles. The van der Waals surface area contributed by atoms with Crippen molar-refractivity contribution >= 4 is 23.3 Å². The van der Waals surface area contributed by atoms with Gasteiger partial charge in [-0.15, -0.1) is 0 Å². The number of nitrogens with one attached hydrogen (secondary N) is 2. The molecule has 3 rings (SSSR count). The number of nitrogens with zero attached hydrogens (tertiary/aromatic N) is 3. The number of rotatable bonds is 4. The molecule has 0 radical (unpaired) electrons. The highest BCUT2D eigenvalue weighted by molar-refractivity contribution is 6.30. The van der Waals surface area contributed by atoms with E-state index in [4.69, 9.17) is 16.3 Å². The van der Waals surface area contributed by atoms with Gasteiger partial charge in [0.05, 0.1) is 6.61 Å². The third-order valence-electron chi connectivity index (χ3n) is 4.06. The Morgan fingerprint density at radius 2 is 2.38 bits per heavy atom. The second kappa shape index (κ2) is 7.19. The summed E-state index contributed by atoms with van der Waals surface area (Å²) in [5, 5.41) is 10.6. The molecule has 1 aliphatic rings. The summed E-state index contributed by atoms with van der Waals surface area (Å²) in [6.45, 7) is 3.54. The predicted molar refractivity (Wildman–Crippen MR) is 91.2 cm³/mol. The Hall–Kier alpha value is -2.12. The second-order valence-electron chi connectivity index (χ2n) is 5.88. The smallest absolute Gasteiger partial charge is 0.321 e. The zero-order valence-corrected chi connectivity index (χ0v) is 14.4. The summed E-state index contributed by atoms with van der Waals surface area (Å²) in [6.07, 6.45) is 0.857. The van der Waals surface area contributed by atoms with Crippen LogP contribution in [-0.4, -0.2) is 46.3 Å². The number of hydrogen-bond acceptors (Lipinski definition) is 4. The average molecular weight is 350 g/mol. The van der Waals surface area contributed by atoms with Crippen molar-refractivity contribution in [3.8, 4) is 0 Å². The summed E-state index contributed by atoms with van der Waals surface area (Å²) < 4.78 is 5.16. The molecular formula is C16H20ClN5O2. The summed E-state index contributed by atoms with van der Waals surface area (Å²) in [6, 6.07) is 5.20. The van der Waals surface area contributed by atoms with Gasteiger partial charge in [0.25, 0.3) is 0 Å². The lowest BCUT2D eigenvalue weighted by atomic mass is 10.1. The molecule has 7 nitrogen and oxygen atoms in total. The Morgan fingerprint density at radius 3 is 3.08 bits per heavy atom. The molecule has 24 heavy (non-hydrogen) atoms. The number of carbonyl (C=O) groups is 1. The SMILES string of the molecule is COCc1cc(Cl)ccc1NC(=O)N1CCC(c2n[nH]c(C)n2)C1. The quantitative estimate of drug-likeness (QED) is 0.889. The monoisotopic (exact) mass is 349 g/mol. The van der Waals surface area contributed by atoms with E-state index in [-0.39, 0.29) is 11.9 Å². The summed E-state index contributed by atoms with van der Waals surface area (Å²) in [5.74, 6) is 1.73. The molecule has 2 aromatic rings. The van der Waals surface area contributed by atoms with E-state index in [1.807, 2.05) is 6.92 Å². The number of ether oxygens (including phenoxy) is 1. The molecule has 1 aliphatic heterocycles. The molecule has 1 unspecified atom stereocenters. The number of likely N-dealkylation sites (tertiary alicyclic amines) is 1. The van der Waals surface area contributed by atoms with Crippen LogP contribution in [-0.2, 0) is 11.3 Å². The first-order valence-electron chi connectivity index (χ1n) is 7.79. The largest absolute Gasteiger partial charge is 0.380 e. The molecule has 0 bridgehead atoms. The molecule has 0 saturated carbocycles. The second-order valence-corrected chi connectivity index (χ2v) is 6.31. The Balaban J connectivity index is 1.66. The van der Waals surface area contributed by atoms with Crippen LogP contribution in [0.15, 0.2) is 18.2 Å². The predicted octanol–water partition coefficient (Wildman–Crippen LogP) is 2.93. The third-order valence-corrected chi connectivity index (χ3v) is 4.30. The fraction of sp³-hybridized carbons (Fsp3) is 0.438. The van der Waals surface area contributed by atoms with E-state index in [2.05, 4.69) is 20.5 Å². The zero-order chi connectivity index (χ0) is 17.1. The molecule has 1 aromatic heterocycles. The molecule has 1 atom stereocenters. The van der Waals surface area contributed by atoms with Crippen LogP contribution in [0.3, 0.4) is 0 Å². The van der Waals surface area contributed by atoms with E-state index in [1.165, 1.54) is 0 Å². The van der Waals surface area contributed by atoms with E-state index in [9.17, 15) is 4.79 Å². The van der Waals surface area contributed by atoms with Gasteiger partial charge in [-0.1, -0.05) is 11.6 Å². The van der Waals surface area contributed by atoms with Gasteiger partial charge in [0.2, 0.25) is 0 Å². The van der Waals surface area contributed by atoms with Gasteiger partial charge in [0.15, 0.2) is 5.82 Å². The Morgan fingerprint density at radius 1 is 1.54 bits per heavy atom. The summed E-state index contributed by atoms with van der Waals surface area (Å²) in [7, 11) is 1.61. The van der Waals surface area contributed by atoms with Gasteiger partial charge in [0, 0.05) is 42.4 Å². The van der Waals surface area contributed by atoms with Gasteiger partial charge in [-0.2, -0.15) is 5.10 Å². The molecule has 2 N–H and O–H groups in total. The number of aromatic nitrogens is 3. The fourth-order valence-corrected chi connectivity index (χ4v) is 3.05. The molecule has 8 heteroatoms. The van der Waals surface area contributed by atoms with Crippen LogP contribution >= 0.6 is 11.6 Å². The Kier molecular flexibility index (Phi) is 5.01. The van der Waals surface area contributed by atoms with Crippen LogP contribution in [0, 0.1) is 6.92 Å². The maximum absolute atomic E-state index is 12.5. The number of aryl methyl sites for hydroxylation is 1. The van der Waals surface area contributed by atoms with Crippen molar-refractivity contribution in [3.05, 3.63) is 40.4 Å². The molecule has 2 amide bonds. The minimum Gasteiger partial charge on any atom is -0.380 e. The number of anilines is 1. The van der Waals surface area contributed by atoms with Crippen LogP contribution in [0.4, 0.5) is 10.5 Å². The van der Waals surface area contributed by atoms with Crippen LogP contribution in [0.25, 0.3) is 0 Å². The number of urea groups is 1. The van der Waals surface area contributed by atoms with E-state index in [0.29, 0.717) is 30.4 Å². The number of carbonyl (C=O) groups excluding carboxylic acids is 1. The van der Waals surface area contributed by atoms with Gasteiger partial charge < -0.3 is 15.0 Å². The van der Waals surface area contributed by atoms with Gasteiger partial charge in [-0.25, -0.2) is 9.78 Å². The maximum Gasteiger partial charge on any atom is 0.321 e. The lowest BCUT2D eigenvalue weighted by Crippen LogP contribution is -2.33. The maximum atomic E-state index is 12.5. The molecule has 128 valence electrons. The Bertz CT molecular complexity index is 733. The standard InChI is InChI=1S/C16H20ClN5O2/c1-10-18-15(21-20-10)11-5-6-22(8-11)16(23)19-14-4-3-13(17)7-12(14)9-24-2/h3-4,7,11H,5-6,8-9H2,1-2H3,(H,19,23)(H,18,20,21). The minimum absolute atomic E-state index is 0.135. The lowest BCUT2D eigenvalue weighted by molar-refractivity contribution is 0.185. The first kappa shape index (κ1) is 16.7. The van der Waals surface area contributed by atoms with Crippen LogP contribution in [0.2, 0.25) is 5.02 Å². The van der Waals surface area contributed by atoms with Gasteiger partial charge in [-0.05, 0) is 31.5 Å². The summed E-state index contributed by atoms with van der Waals surface area (Å²) in [4.78, 5) is 18.7. The Labute approximate surface area is 145 Å². The minimum atomic E-state index is -0.135. The number of benzene rings is 1. The number of methoxy groups -OCH3 is 1. The third kappa shape index (κ3) is 3.68. The van der Waals surface area contributed by atoms with Crippen molar-refractivity contribution < 1.29 is 9.53 Å². The molecule has 1 aromatic carbocycles. The summed E-state index contributed by atoms with van der Waals surface area (Å²) in [5.41, 5.74) is 1.56. The van der Waals surface area contributed by atoms with Crippen molar-refractivity contribution in [1.29, 1.82) is 0 Å². The van der Waals surface area contributed by atoms with E-state index in [0.717, 1.165) is 23.6 Å². The molecule has 2 heterocycles. The van der Waals surface area contributed by atoms with Gasteiger partial charge >= 0.3 is 6.03 Å². The topological polar surface area (TPSA) is 83.1 Å². The number of hydrogen-bond donors (Lipinski definition) is 2. The molecular weight excluding hydrogens is 330 g/mol. The average Bonchev–Trinajstić information content (AvgIpc) is 3.19. The first-order valence-corrected chi connectivity index (χ1v) is 8.17. The lowest BCUT2D eigenvalue weighted by Gasteiger charge is -2.18. The highest BCUT2D eigenvalue weighted by Gasteiger charge is 2.30. The van der Waals surface area contributed by atoms with E-state index in [1.54, 1.807) is 30.2 Å². The van der Waals surface area contributed by atoms with Crippen LogP contribution in [0.5, 0.6) is 0 Å². The van der Waals surface area contributed by atoms with Gasteiger partial charge in [-0.3, -0.25) is 5.10 Å². The number of H-pyrrole nitrogens is 1. The number of halogens is 1. The molecule has 1 fully saturated rings. The van der Waals surface area contributed by atoms with Crippen molar-refractivity contribution in [3.63, 3.8) is 0 Å². The highest BCUT2D eigenvalue weighted by Crippen LogP contribution is 2.26. The van der Waals surface area contributed by atoms with Crippen LogP contribution in [0.1, 0.15) is 29.6 Å². The normalized spacial score (nSPS) is 17.3. The number of aromatic amines is 1. The zero-order valence-electron chi connectivity index (χ0n) is 13.7. The molecule has 0 spiro atoms.